The van der Waals surface area contributed by atoms with Crippen LogP contribution < -0.4 is 20.7 Å². The molecule has 19 heteroatoms. The lowest BCUT2D eigenvalue weighted by atomic mass is 9.81. The van der Waals surface area contributed by atoms with E-state index in [1.54, 1.807) is 0 Å². The molecular formula is C26H29F7N6O6. The van der Waals surface area contributed by atoms with E-state index in [1.165, 1.54) is 25.4 Å². The first kappa shape index (κ1) is 33.7. The van der Waals surface area contributed by atoms with Gasteiger partial charge in [0.1, 0.15) is 24.5 Å². The van der Waals surface area contributed by atoms with E-state index < -0.39 is 97.8 Å². The summed E-state index contributed by atoms with van der Waals surface area (Å²) in [5.74, 6) is -6.27. The predicted molar refractivity (Wildman–Crippen MR) is 139 cm³/mol. The summed E-state index contributed by atoms with van der Waals surface area (Å²) >= 11 is 0. The molecule has 1 saturated carbocycles. The fraction of sp³-hybridized carbons (Fsp3) is 0.577. The van der Waals surface area contributed by atoms with Crippen molar-refractivity contribution >= 4 is 23.7 Å². The normalized spacial score (nSPS) is 20.1. The second kappa shape index (κ2) is 13.9. The van der Waals surface area contributed by atoms with Crippen molar-refractivity contribution in [3.8, 4) is 5.75 Å². The van der Waals surface area contributed by atoms with E-state index in [0.29, 0.717) is 0 Å². The highest BCUT2D eigenvalue weighted by Gasteiger charge is 2.48. The number of carbonyl (C=O) groups is 3. The number of alkyl halides is 7. The number of urea groups is 1. The third-order valence-corrected chi connectivity index (χ3v) is 7.37. The van der Waals surface area contributed by atoms with E-state index in [9.17, 15) is 45.1 Å². The Balaban J connectivity index is 1.54. The number of pyridine rings is 1. The minimum atomic E-state index is -4.69. The largest absolute Gasteiger partial charge is 0.482 e. The Morgan fingerprint density at radius 1 is 1.22 bits per heavy atom. The lowest BCUT2D eigenvalue weighted by molar-refractivity contribution is -0.150. The van der Waals surface area contributed by atoms with Gasteiger partial charge >= 0.3 is 12.2 Å². The van der Waals surface area contributed by atoms with Gasteiger partial charge in [0.15, 0.2) is 12.0 Å². The SMILES string of the molecule is COC[C@H](c1ccnc(NC(=O)[C@@H](NC(=O)c2nocc2OCC(F)F)C2CCC(F)(F)CC2)c1)N1C[C@@H](C(F)(F)F)NC1=O. The highest BCUT2D eigenvalue weighted by molar-refractivity contribution is 6.01. The lowest BCUT2D eigenvalue weighted by Crippen LogP contribution is -2.50. The first-order valence-corrected chi connectivity index (χ1v) is 13.6. The minimum Gasteiger partial charge on any atom is -0.482 e. The number of amides is 4. The Morgan fingerprint density at radius 2 is 1.93 bits per heavy atom. The van der Waals surface area contributed by atoms with Crippen molar-refractivity contribution in [1.82, 2.24) is 25.7 Å². The standard InChI is InChI=1S/C26H29F7N6O6/c1-43-10-15(39-9-17(26(31,32)33)35-24(39)42)14-4-7-34-19(8-14)36-22(40)20(13-2-5-25(29,30)6-3-13)37-23(41)21-16(11-45-38-21)44-12-18(27)28/h4,7-8,11,13,15,17-18,20H,2-3,5-6,9-10,12H2,1H3,(H,35,42)(H,37,41)(H,34,36,40)/t15-,17+,20+/m1/s1. The molecule has 248 valence electrons. The second-order valence-electron chi connectivity index (χ2n) is 10.5. The molecule has 45 heavy (non-hydrogen) atoms. The average molecular weight is 655 g/mol. The third kappa shape index (κ3) is 8.52. The fourth-order valence-corrected chi connectivity index (χ4v) is 5.10. The molecule has 1 aliphatic carbocycles. The van der Waals surface area contributed by atoms with Crippen LogP contribution in [-0.4, -0.2) is 90.4 Å². The molecule has 3 N–H and O–H groups in total. The molecule has 1 aliphatic heterocycles. The van der Waals surface area contributed by atoms with Gasteiger partial charge in [0.25, 0.3) is 12.3 Å². The zero-order chi connectivity index (χ0) is 32.9. The summed E-state index contributed by atoms with van der Waals surface area (Å²) in [6.07, 6.45) is -6.99. The Morgan fingerprint density at radius 3 is 2.56 bits per heavy atom. The van der Waals surface area contributed by atoms with Crippen molar-refractivity contribution in [1.29, 1.82) is 0 Å². The molecule has 3 heterocycles. The van der Waals surface area contributed by atoms with E-state index in [4.69, 9.17) is 9.47 Å². The Bertz CT molecular complexity index is 1350. The van der Waals surface area contributed by atoms with Gasteiger partial charge in [-0.05, 0) is 36.5 Å². The summed E-state index contributed by atoms with van der Waals surface area (Å²) in [5.41, 5.74) is -0.306. The number of methoxy groups -OCH3 is 1. The number of aromatic nitrogens is 2. The first-order chi connectivity index (χ1) is 21.2. The van der Waals surface area contributed by atoms with Crippen LogP contribution in [0.1, 0.15) is 47.8 Å². The Hall–Kier alpha value is -4.16. The van der Waals surface area contributed by atoms with Crippen molar-refractivity contribution in [2.45, 2.75) is 62.3 Å². The number of ether oxygens (including phenoxy) is 2. The molecule has 4 rings (SSSR count). The number of carbonyl (C=O) groups excluding carboxylic acids is 3. The predicted octanol–water partition coefficient (Wildman–Crippen LogP) is 3.92. The average Bonchev–Trinajstić information content (AvgIpc) is 3.60. The van der Waals surface area contributed by atoms with E-state index in [0.717, 1.165) is 11.2 Å². The summed E-state index contributed by atoms with van der Waals surface area (Å²) in [7, 11) is 1.28. The molecule has 2 aromatic rings. The smallest absolute Gasteiger partial charge is 0.410 e. The highest BCUT2D eigenvalue weighted by Crippen LogP contribution is 2.38. The molecule has 0 radical (unpaired) electrons. The monoisotopic (exact) mass is 654 g/mol. The fourth-order valence-electron chi connectivity index (χ4n) is 5.10. The van der Waals surface area contributed by atoms with Crippen LogP contribution in [0.3, 0.4) is 0 Å². The van der Waals surface area contributed by atoms with Gasteiger partial charge in [-0.15, -0.1) is 0 Å². The zero-order valence-electron chi connectivity index (χ0n) is 23.6. The van der Waals surface area contributed by atoms with Crippen LogP contribution in [0.15, 0.2) is 29.1 Å². The highest BCUT2D eigenvalue weighted by atomic mass is 19.4. The van der Waals surface area contributed by atoms with Gasteiger partial charge in [-0.1, -0.05) is 5.16 Å². The van der Waals surface area contributed by atoms with E-state index in [-0.39, 0.29) is 30.8 Å². The molecule has 4 amide bonds. The molecule has 0 bridgehead atoms. The Kier molecular flexibility index (Phi) is 10.4. The van der Waals surface area contributed by atoms with Crippen LogP contribution in [0.2, 0.25) is 0 Å². The summed E-state index contributed by atoms with van der Waals surface area (Å²) in [4.78, 5) is 43.9. The van der Waals surface area contributed by atoms with Gasteiger partial charge in [0.05, 0.1) is 19.2 Å². The van der Waals surface area contributed by atoms with E-state index in [1.807, 2.05) is 5.32 Å². The summed E-state index contributed by atoms with van der Waals surface area (Å²) in [5, 5.41) is 10.2. The van der Waals surface area contributed by atoms with Crippen molar-refractivity contribution in [3.05, 3.63) is 35.9 Å². The topological polar surface area (TPSA) is 148 Å². The molecule has 12 nitrogen and oxygen atoms in total. The quantitative estimate of drug-likeness (QED) is 0.292. The van der Waals surface area contributed by atoms with Gasteiger partial charge in [0.2, 0.25) is 17.5 Å². The molecule has 3 atom stereocenters. The minimum absolute atomic E-state index is 0.131. The zero-order valence-corrected chi connectivity index (χ0v) is 23.6. The van der Waals surface area contributed by atoms with Gasteiger partial charge in [-0.2, -0.15) is 13.2 Å². The van der Waals surface area contributed by atoms with Crippen molar-refractivity contribution in [3.63, 3.8) is 0 Å². The van der Waals surface area contributed by atoms with Crippen LogP contribution >= 0.6 is 0 Å². The van der Waals surface area contributed by atoms with Crippen molar-refractivity contribution < 1.29 is 59.1 Å². The summed E-state index contributed by atoms with van der Waals surface area (Å²) < 4.78 is 107. The van der Waals surface area contributed by atoms with Crippen LogP contribution in [0.5, 0.6) is 5.75 Å². The lowest BCUT2D eigenvalue weighted by Gasteiger charge is -2.33. The number of nitrogens with zero attached hydrogens (tertiary/aromatic N) is 3. The second-order valence-corrected chi connectivity index (χ2v) is 10.5. The Labute approximate surface area is 251 Å². The molecule has 1 saturated heterocycles. The van der Waals surface area contributed by atoms with Crippen LogP contribution in [0.4, 0.5) is 41.3 Å². The van der Waals surface area contributed by atoms with E-state index in [2.05, 4.69) is 25.3 Å². The van der Waals surface area contributed by atoms with Gasteiger partial charge in [-0.3, -0.25) is 9.59 Å². The number of anilines is 1. The number of halogens is 7. The molecule has 2 aromatic heterocycles. The summed E-state index contributed by atoms with van der Waals surface area (Å²) in [6.45, 7) is -1.99. The maximum Gasteiger partial charge on any atom is 0.410 e. The van der Waals surface area contributed by atoms with Crippen LogP contribution in [0.25, 0.3) is 0 Å². The van der Waals surface area contributed by atoms with Crippen molar-refractivity contribution in [2.75, 3.05) is 32.2 Å². The molecule has 2 aliphatic rings. The van der Waals surface area contributed by atoms with Crippen LogP contribution in [-0.2, 0) is 9.53 Å². The van der Waals surface area contributed by atoms with E-state index >= 15 is 0 Å². The molecule has 2 fully saturated rings. The third-order valence-electron chi connectivity index (χ3n) is 7.37. The molecular weight excluding hydrogens is 625 g/mol. The van der Waals surface area contributed by atoms with Crippen molar-refractivity contribution in [2.24, 2.45) is 5.92 Å². The maximum absolute atomic E-state index is 13.9. The first-order valence-electron chi connectivity index (χ1n) is 13.6. The molecule has 0 aromatic carbocycles. The van der Waals surface area contributed by atoms with Gasteiger partial charge in [0, 0.05) is 26.1 Å². The number of nitrogens with one attached hydrogen (secondary N) is 3. The van der Waals surface area contributed by atoms with Gasteiger partial charge < -0.3 is 34.8 Å². The van der Waals surface area contributed by atoms with Crippen LogP contribution in [0, 0.1) is 5.92 Å². The molecule has 0 unspecified atom stereocenters. The maximum atomic E-state index is 13.9. The number of hydrogen-bond donors (Lipinski definition) is 3. The number of rotatable bonds is 12. The number of hydrogen-bond acceptors (Lipinski definition) is 8. The molecule has 0 spiro atoms. The van der Waals surface area contributed by atoms with Gasteiger partial charge in [-0.25, -0.2) is 27.3 Å². The summed E-state index contributed by atoms with van der Waals surface area (Å²) in [6, 6.07) is -2.85.